The predicted octanol–water partition coefficient (Wildman–Crippen LogP) is 2.82. The van der Waals surface area contributed by atoms with Crippen molar-refractivity contribution in [3.05, 3.63) is 65.2 Å². The molecule has 0 unspecified atom stereocenters. The van der Waals surface area contributed by atoms with Crippen LogP contribution in [-0.2, 0) is 23.0 Å². The molecule has 1 aliphatic heterocycles. The van der Waals surface area contributed by atoms with E-state index < -0.39 is 10.0 Å². The first-order valence-electron chi connectivity index (χ1n) is 9.98. The molecule has 2 N–H and O–H groups in total. The fourth-order valence-corrected chi connectivity index (χ4v) is 5.35. The van der Waals surface area contributed by atoms with Gasteiger partial charge in [-0.1, -0.05) is 42.5 Å². The maximum atomic E-state index is 12.2. The number of ether oxygens (including phenoxy) is 1. The maximum absolute atomic E-state index is 12.2. The molecule has 6 heteroatoms. The van der Waals surface area contributed by atoms with Crippen LogP contribution in [0, 0.1) is 5.92 Å². The minimum Gasteiger partial charge on any atom is -0.492 e. The lowest BCUT2D eigenvalue weighted by Crippen LogP contribution is -2.41. The standard InChI is InChI=1S/C22H28N2O3S/c1-23-21-14-27-22-10-9-18(13-24-28(25,26)15-17-7-8-17)12-20(22)19(21)11-16-5-3-2-4-6-16/h2-6,9-10,12,17,19,21,23-24H,7-8,11,13-15H2,1H3/t19-,21-/m0/s1. The second kappa shape index (κ2) is 8.23. The van der Waals surface area contributed by atoms with Gasteiger partial charge in [0.05, 0.1) is 5.75 Å². The van der Waals surface area contributed by atoms with Crippen molar-refractivity contribution in [1.29, 1.82) is 0 Å². The number of nitrogens with one attached hydrogen (secondary N) is 2. The van der Waals surface area contributed by atoms with E-state index in [1.807, 2.05) is 25.2 Å². The quantitative estimate of drug-likeness (QED) is 0.715. The third-order valence-electron chi connectivity index (χ3n) is 5.70. The molecule has 1 saturated carbocycles. The van der Waals surface area contributed by atoms with E-state index in [1.165, 1.54) is 5.56 Å². The highest BCUT2D eigenvalue weighted by Crippen LogP contribution is 2.37. The van der Waals surface area contributed by atoms with Crippen molar-refractivity contribution in [2.24, 2.45) is 5.92 Å². The van der Waals surface area contributed by atoms with Gasteiger partial charge in [0, 0.05) is 18.5 Å². The number of likely N-dealkylation sites (N-methyl/N-ethyl adjacent to an activating group) is 1. The fraction of sp³-hybridized carbons (Fsp3) is 0.455. The zero-order chi connectivity index (χ0) is 19.6. The summed E-state index contributed by atoms with van der Waals surface area (Å²) in [7, 11) is -1.24. The molecule has 2 aromatic carbocycles. The maximum Gasteiger partial charge on any atom is 0.212 e. The van der Waals surface area contributed by atoms with Crippen LogP contribution < -0.4 is 14.8 Å². The van der Waals surface area contributed by atoms with Crippen LogP contribution in [0.25, 0.3) is 0 Å². The average molecular weight is 401 g/mol. The van der Waals surface area contributed by atoms with Crippen LogP contribution >= 0.6 is 0 Å². The Morgan fingerprint density at radius 2 is 1.86 bits per heavy atom. The number of benzene rings is 2. The van der Waals surface area contributed by atoms with E-state index >= 15 is 0 Å². The summed E-state index contributed by atoms with van der Waals surface area (Å²) in [5, 5.41) is 3.38. The SMILES string of the molecule is CN[C@H]1COc2ccc(CNS(=O)(=O)CC3CC3)cc2[C@@H]1Cc1ccccc1. The number of rotatable bonds is 8. The van der Waals surface area contributed by atoms with Gasteiger partial charge in [-0.2, -0.15) is 0 Å². The molecule has 4 rings (SSSR count). The lowest BCUT2D eigenvalue weighted by atomic mass is 9.83. The molecule has 0 amide bonds. The summed E-state index contributed by atoms with van der Waals surface area (Å²) >= 11 is 0. The van der Waals surface area contributed by atoms with Gasteiger partial charge < -0.3 is 10.1 Å². The minimum absolute atomic E-state index is 0.217. The van der Waals surface area contributed by atoms with Crippen LogP contribution in [0.4, 0.5) is 0 Å². The third-order valence-corrected chi connectivity index (χ3v) is 7.19. The summed E-state index contributed by atoms with van der Waals surface area (Å²) in [6.07, 6.45) is 2.98. The van der Waals surface area contributed by atoms with E-state index in [1.54, 1.807) is 0 Å². The van der Waals surface area contributed by atoms with E-state index in [9.17, 15) is 8.42 Å². The second-order valence-electron chi connectivity index (χ2n) is 7.92. The van der Waals surface area contributed by atoms with Crippen molar-refractivity contribution in [3.8, 4) is 5.75 Å². The Bertz CT molecular complexity index is 911. The Morgan fingerprint density at radius 1 is 1.07 bits per heavy atom. The molecule has 0 spiro atoms. The molecule has 0 bridgehead atoms. The molecule has 5 nitrogen and oxygen atoms in total. The largest absolute Gasteiger partial charge is 0.492 e. The summed E-state index contributed by atoms with van der Waals surface area (Å²) in [6.45, 7) is 0.957. The van der Waals surface area contributed by atoms with Gasteiger partial charge in [-0.25, -0.2) is 13.1 Å². The molecule has 2 aromatic rings. The average Bonchev–Trinajstić information content (AvgIpc) is 3.51. The normalized spacial score (nSPS) is 21.8. The van der Waals surface area contributed by atoms with Crippen molar-refractivity contribution < 1.29 is 13.2 Å². The molecule has 1 fully saturated rings. The minimum atomic E-state index is -3.21. The highest BCUT2D eigenvalue weighted by Gasteiger charge is 2.31. The summed E-state index contributed by atoms with van der Waals surface area (Å²) in [6, 6.07) is 16.7. The number of hydrogen-bond donors (Lipinski definition) is 2. The van der Waals surface area contributed by atoms with Gasteiger partial charge in [-0.15, -0.1) is 0 Å². The Labute approximate surface area is 167 Å². The Kier molecular flexibility index (Phi) is 5.71. The van der Waals surface area contributed by atoms with E-state index in [4.69, 9.17) is 4.74 Å². The van der Waals surface area contributed by atoms with Gasteiger partial charge in [0.1, 0.15) is 12.4 Å². The molecule has 1 aliphatic carbocycles. The van der Waals surface area contributed by atoms with Gasteiger partial charge in [0.2, 0.25) is 10.0 Å². The number of fused-ring (bicyclic) bond motifs is 1. The molecule has 0 radical (unpaired) electrons. The van der Waals surface area contributed by atoms with Crippen molar-refractivity contribution in [1.82, 2.24) is 10.0 Å². The van der Waals surface area contributed by atoms with Gasteiger partial charge in [-0.05, 0) is 55.0 Å². The lowest BCUT2D eigenvalue weighted by Gasteiger charge is -2.34. The highest BCUT2D eigenvalue weighted by atomic mass is 32.2. The lowest BCUT2D eigenvalue weighted by molar-refractivity contribution is 0.218. The predicted molar refractivity (Wildman–Crippen MR) is 111 cm³/mol. The van der Waals surface area contributed by atoms with Crippen LogP contribution in [0.5, 0.6) is 5.75 Å². The first-order valence-corrected chi connectivity index (χ1v) is 11.6. The summed E-state index contributed by atoms with van der Waals surface area (Å²) in [5.74, 6) is 1.77. The van der Waals surface area contributed by atoms with E-state index in [0.717, 1.165) is 36.1 Å². The Balaban J connectivity index is 1.53. The van der Waals surface area contributed by atoms with Crippen molar-refractivity contribution >= 4 is 10.0 Å². The zero-order valence-corrected chi connectivity index (χ0v) is 17.0. The number of sulfonamides is 1. The van der Waals surface area contributed by atoms with Crippen LogP contribution in [0.2, 0.25) is 0 Å². The highest BCUT2D eigenvalue weighted by molar-refractivity contribution is 7.89. The first-order chi connectivity index (χ1) is 13.5. The topological polar surface area (TPSA) is 67.4 Å². The second-order valence-corrected chi connectivity index (χ2v) is 9.77. The van der Waals surface area contributed by atoms with E-state index in [-0.39, 0.29) is 17.7 Å². The molecule has 28 heavy (non-hydrogen) atoms. The monoisotopic (exact) mass is 400 g/mol. The fourth-order valence-electron chi connectivity index (χ4n) is 3.89. The van der Waals surface area contributed by atoms with E-state index in [2.05, 4.69) is 40.4 Å². The van der Waals surface area contributed by atoms with Crippen LogP contribution in [-0.4, -0.2) is 33.9 Å². The van der Waals surface area contributed by atoms with Gasteiger partial charge in [0.15, 0.2) is 0 Å². The van der Waals surface area contributed by atoms with Gasteiger partial charge >= 0.3 is 0 Å². The van der Waals surface area contributed by atoms with Crippen LogP contribution in [0.15, 0.2) is 48.5 Å². The Hall–Kier alpha value is -1.89. The first kappa shape index (κ1) is 19.4. The van der Waals surface area contributed by atoms with Crippen molar-refractivity contribution in [2.45, 2.75) is 37.8 Å². The van der Waals surface area contributed by atoms with Crippen LogP contribution in [0.3, 0.4) is 0 Å². The molecule has 150 valence electrons. The zero-order valence-electron chi connectivity index (χ0n) is 16.2. The summed E-state index contributed by atoms with van der Waals surface area (Å²) < 4.78 is 33.1. The molecule has 1 heterocycles. The third kappa shape index (κ3) is 4.74. The molecule has 0 aromatic heterocycles. The van der Waals surface area contributed by atoms with Crippen molar-refractivity contribution in [3.63, 3.8) is 0 Å². The van der Waals surface area contributed by atoms with Gasteiger partial charge in [-0.3, -0.25) is 0 Å². The smallest absolute Gasteiger partial charge is 0.212 e. The van der Waals surface area contributed by atoms with Crippen LogP contribution in [0.1, 0.15) is 35.4 Å². The molecule has 0 saturated heterocycles. The molecule has 2 atom stereocenters. The van der Waals surface area contributed by atoms with Gasteiger partial charge in [0.25, 0.3) is 0 Å². The summed E-state index contributed by atoms with van der Waals surface area (Å²) in [5.41, 5.74) is 3.40. The molecule has 2 aliphatic rings. The van der Waals surface area contributed by atoms with Crippen molar-refractivity contribution in [2.75, 3.05) is 19.4 Å². The molecular weight excluding hydrogens is 372 g/mol. The summed E-state index contributed by atoms with van der Waals surface area (Å²) in [4.78, 5) is 0. The Morgan fingerprint density at radius 3 is 2.57 bits per heavy atom. The number of hydrogen-bond acceptors (Lipinski definition) is 4. The van der Waals surface area contributed by atoms with E-state index in [0.29, 0.717) is 19.1 Å². The molecular formula is C22H28N2O3S.